The molecule has 152 valence electrons. The molecule has 2 heterocycles. The van der Waals surface area contributed by atoms with Crippen molar-refractivity contribution in [1.29, 1.82) is 0 Å². The first-order valence-corrected chi connectivity index (χ1v) is 11.6. The van der Waals surface area contributed by atoms with Gasteiger partial charge in [0.2, 0.25) is 0 Å². The molecule has 0 N–H and O–H groups in total. The van der Waals surface area contributed by atoms with Gasteiger partial charge in [0.1, 0.15) is 0 Å². The molecule has 4 aromatic carbocycles. The SMILES string of the molecule is Clc1cccc2sc3c(-c4ccc(-c5ccccc5)cc4)nc(-c4ccccc4)nc3c12. The fraction of sp³-hybridized carbons (Fsp3) is 0. The third-order valence-electron chi connectivity index (χ3n) is 5.59. The molecule has 2 nitrogen and oxygen atoms in total. The maximum absolute atomic E-state index is 6.61. The highest BCUT2D eigenvalue weighted by Gasteiger charge is 2.18. The number of halogens is 1. The van der Waals surface area contributed by atoms with Crippen LogP contribution in [0, 0.1) is 0 Å². The molecule has 0 aliphatic carbocycles. The van der Waals surface area contributed by atoms with E-state index < -0.39 is 0 Å². The highest BCUT2D eigenvalue weighted by molar-refractivity contribution is 7.26. The molecule has 0 radical (unpaired) electrons. The predicted molar refractivity (Wildman–Crippen MR) is 136 cm³/mol. The van der Waals surface area contributed by atoms with Crippen LogP contribution in [-0.2, 0) is 0 Å². The zero-order valence-electron chi connectivity index (χ0n) is 17.0. The summed E-state index contributed by atoms with van der Waals surface area (Å²) >= 11 is 8.30. The fourth-order valence-corrected chi connectivity index (χ4v) is 5.51. The Bertz CT molecular complexity index is 1560. The standard InChI is InChI=1S/C28H17ClN2S/c29-22-12-7-13-23-24(22)26-27(32-23)25(30-28(31-26)21-10-5-2-6-11-21)20-16-14-19(15-17-20)18-8-3-1-4-9-18/h1-17H. The summed E-state index contributed by atoms with van der Waals surface area (Å²) in [6, 6.07) is 35.1. The van der Waals surface area contributed by atoms with Gasteiger partial charge in [0.05, 0.1) is 20.9 Å². The van der Waals surface area contributed by atoms with Crippen LogP contribution in [0.1, 0.15) is 0 Å². The molecular weight excluding hydrogens is 432 g/mol. The lowest BCUT2D eigenvalue weighted by atomic mass is 10.0. The summed E-state index contributed by atoms with van der Waals surface area (Å²) in [6.07, 6.45) is 0. The van der Waals surface area contributed by atoms with E-state index in [1.165, 1.54) is 11.1 Å². The Morgan fingerprint density at radius 3 is 1.91 bits per heavy atom. The monoisotopic (exact) mass is 448 g/mol. The van der Waals surface area contributed by atoms with Crippen molar-refractivity contribution >= 4 is 43.2 Å². The van der Waals surface area contributed by atoms with Gasteiger partial charge in [-0.1, -0.05) is 103 Å². The van der Waals surface area contributed by atoms with Crippen molar-refractivity contribution in [3.05, 3.63) is 108 Å². The summed E-state index contributed by atoms with van der Waals surface area (Å²) in [5.74, 6) is 0.708. The number of rotatable bonds is 3. The van der Waals surface area contributed by atoms with E-state index in [1.807, 2.05) is 48.5 Å². The number of thiophene rings is 1. The van der Waals surface area contributed by atoms with E-state index in [9.17, 15) is 0 Å². The summed E-state index contributed by atoms with van der Waals surface area (Å²) in [4.78, 5) is 9.99. The molecule has 0 aliphatic rings. The minimum atomic E-state index is 0.708. The number of hydrogen-bond acceptors (Lipinski definition) is 3. The molecule has 32 heavy (non-hydrogen) atoms. The van der Waals surface area contributed by atoms with Crippen LogP contribution in [0.2, 0.25) is 5.02 Å². The van der Waals surface area contributed by atoms with Crippen molar-refractivity contribution in [2.45, 2.75) is 0 Å². The van der Waals surface area contributed by atoms with Crippen molar-refractivity contribution < 1.29 is 0 Å². The van der Waals surface area contributed by atoms with Gasteiger partial charge in [-0.3, -0.25) is 0 Å². The smallest absolute Gasteiger partial charge is 0.160 e. The molecule has 6 aromatic rings. The van der Waals surface area contributed by atoms with Crippen LogP contribution in [0.4, 0.5) is 0 Å². The number of hydrogen-bond donors (Lipinski definition) is 0. The molecule has 2 aromatic heterocycles. The fourth-order valence-electron chi connectivity index (χ4n) is 4.01. The van der Waals surface area contributed by atoms with Crippen LogP contribution >= 0.6 is 22.9 Å². The van der Waals surface area contributed by atoms with Gasteiger partial charge in [-0.05, 0) is 23.3 Å². The second kappa shape index (κ2) is 7.86. The lowest BCUT2D eigenvalue weighted by molar-refractivity contribution is 1.24. The molecule has 0 saturated carbocycles. The maximum Gasteiger partial charge on any atom is 0.160 e. The Balaban J connectivity index is 1.60. The van der Waals surface area contributed by atoms with E-state index in [-0.39, 0.29) is 0 Å². The number of benzene rings is 4. The first kappa shape index (κ1) is 19.2. The van der Waals surface area contributed by atoms with Crippen LogP contribution in [0.3, 0.4) is 0 Å². The van der Waals surface area contributed by atoms with Gasteiger partial charge >= 0.3 is 0 Å². The Morgan fingerprint density at radius 2 is 1.19 bits per heavy atom. The molecular formula is C28H17ClN2S. The van der Waals surface area contributed by atoms with Crippen LogP contribution in [-0.4, -0.2) is 9.97 Å². The topological polar surface area (TPSA) is 25.8 Å². The molecule has 0 unspecified atom stereocenters. The lowest BCUT2D eigenvalue weighted by Crippen LogP contribution is -1.93. The molecule has 0 atom stereocenters. The van der Waals surface area contributed by atoms with E-state index in [0.717, 1.165) is 42.1 Å². The predicted octanol–water partition coefficient (Wildman–Crippen LogP) is 8.50. The maximum atomic E-state index is 6.61. The van der Waals surface area contributed by atoms with Gasteiger partial charge in [-0.15, -0.1) is 11.3 Å². The van der Waals surface area contributed by atoms with Gasteiger partial charge in [-0.2, -0.15) is 0 Å². The van der Waals surface area contributed by atoms with Crippen LogP contribution < -0.4 is 0 Å². The highest BCUT2D eigenvalue weighted by atomic mass is 35.5. The number of nitrogens with zero attached hydrogens (tertiary/aromatic N) is 2. The Hall–Kier alpha value is -3.53. The molecule has 0 bridgehead atoms. The first-order valence-electron chi connectivity index (χ1n) is 10.4. The minimum absolute atomic E-state index is 0.708. The zero-order chi connectivity index (χ0) is 21.5. The van der Waals surface area contributed by atoms with Crippen molar-refractivity contribution in [3.63, 3.8) is 0 Å². The molecule has 6 rings (SSSR count). The van der Waals surface area contributed by atoms with Gasteiger partial charge in [0.25, 0.3) is 0 Å². The average molecular weight is 449 g/mol. The molecule has 0 saturated heterocycles. The summed E-state index contributed by atoms with van der Waals surface area (Å²) < 4.78 is 2.18. The normalized spacial score (nSPS) is 11.3. The van der Waals surface area contributed by atoms with Crippen LogP contribution in [0.15, 0.2) is 103 Å². The number of fused-ring (bicyclic) bond motifs is 3. The molecule has 0 aliphatic heterocycles. The van der Waals surface area contributed by atoms with E-state index in [2.05, 4.69) is 54.6 Å². The van der Waals surface area contributed by atoms with Gasteiger partial charge in [0.15, 0.2) is 5.82 Å². The summed E-state index contributed by atoms with van der Waals surface area (Å²) in [5.41, 5.74) is 6.28. The average Bonchev–Trinajstić information content (AvgIpc) is 3.24. The lowest BCUT2D eigenvalue weighted by Gasteiger charge is -2.08. The Kier molecular flexibility index (Phi) is 4.71. The number of aromatic nitrogens is 2. The quantitative estimate of drug-likeness (QED) is 0.271. The molecule has 4 heteroatoms. The molecule has 0 spiro atoms. The molecule has 0 fully saturated rings. The van der Waals surface area contributed by atoms with Gasteiger partial charge < -0.3 is 0 Å². The third-order valence-corrected chi connectivity index (χ3v) is 7.05. The minimum Gasteiger partial charge on any atom is -0.226 e. The highest BCUT2D eigenvalue weighted by Crippen LogP contribution is 2.42. The third kappa shape index (κ3) is 3.27. The van der Waals surface area contributed by atoms with E-state index >= 15 is 0 Å². The second-order valence-corrected chi connectivity index (χ2v) is 9.06. The summed E-state index contributed by atoms with van der Waals surface area (Å²) in [6.45, 7) is 0. The summed E-state index contributed by atoms with van der Waals surface area (Å²) in [5, 5.41) is 1.72. The van der Waals surface area contributed by atoms with Gasteiger partial charge in [0, 0.05) is 21.2 Å². The Labute approximate surface area is 194 Å². The zero-order valence-corrected chi connectivity index (χ0v) is 18.6. The van der Waals surface area contributed by atoms with Crippen molar-refractivity contribution in [3.8, 4) is 33.8 Å². The Morgan fingerprint density at radius 1 is 0.562 bits per heavy atom. The molecule has 0 amide bonds. The second-order valence-electron chi connectivity index (χ2n) is 7.60. The van der Waals surface area contributed by atoms with Crippen LogP contribution in [0.25, 0.3) is 54.1 Å². The van der Waals surface area contributed by atoms with Crippen molar-refractivity contribution in [2.24, 2.45) is 0 Å². The van der Waals surface area contributed by atoms with E-state index in [1.54, 1.807) is 11.3 Å². The van der Waals surface area contributed by atoms with E-state index in [4.69, 9.17) is 21.6 Å². The van der Waals surface area contributed by atoms with Crippen molar-refractivity contribution in [1.82, 2.24) is 9.97 Å². The van der Waals surface area contributed by atoms with Crippen molar-refractivity contribution in [2.75, 3.05) is 0 Å². The van der Waals surface area contributed by atoms with Gasteiger partial charge in [-0.25, -0.2) is 9.97 Å². The first-order chi connectivity index (χ1) is 15.8. The summed E-state index contributed by atoms with van der Waals surface area (Å²) in [7, 11) is 0. The van der Waals surface area contributed by atoms with Crippen LogP contribution in [0.5, 0.6) is 0 Å². The van der Waals surface area contributed by atoms with E-state index in [0.29, 0.717) is 5.82 Å². The largest absolute Gasteiger partial charge is 0.226 e.